The summed E-state index contributed by atoms with van der Waals surface area (Å²) in [4.78, 5) is 18.5. The maximum atomic E-state index is 12.4. The third-order valence-electron chi connectivity index (χ3n) is 4.21. The number of ether oxygens (including phenoxy) is 2. The number of methoxy groups -OCH3 is 2. The first-order chi connectivity index (χ1) is 11.6. The van der Waals surface area contributed by atoms with Crippen molar-refractivity contribution < 1.29 is 18.8 Å². The summed E-state index contributed by atoms with van der Waals surface area (Å²) in [5.74, 6) is 2.70. The zero-order valence-electron chi connectivity index (χ0n) is 14.1. The normalized spacial score (nSPS) is 17.4. The van der Waals surface area contributed by atoms with E-state index in [1.165, 1.54) is 0 Å². The lowest BCUT2D eigenvalue weighted by Gasteiger charge is -2.18. The molecule has 1 aliphatic heterocycles. The Balaban J connectivity index is 1.75. The molecule has 1 unspecified atom stereocenters. The summed E-state index contributed by atoms with van der Waals surface area (Å²) in [6.45, 7) is 2.99. The summed E-state index contributed by atoms with van der Waals surface area (Å²) >= 11 is 0. The number of hydrogen-bond donors (Lipinski definition) is 0. The molecule has 0 saturated carbocycles. The molecule has 1 fully saturated rings. The van der Waals surface area contributed by atoms with Crippen LogP contribution in [0.4, 0.5) is 0 Å². The maximum absolute atomic E-state index is 12.4. The van der Waals surface area contributed by atoms with Crippen molar-refractivity contribution in [1.29, 1.82) is 0 Å². The largest absolute Gasteiger partial charge is 0.497 e. The van der Waals surface area contributed by atoms with Gasteiger partial charge in [-0.25, -0.2) is 0 Å². The lowest BCUT2D eigenvalue weighted by Crippen LogP contribution is -2.24. The molecule has 3 rings (SSSR count). The summed E-state index contributed by atoms with van der Waals surface area (Å²) < 4.78 is 15.9. The summed E-state index contributed by atoms with van der Waals surface area (Å²) in [5.41, 5.74) is 0.908. The standard InChI is InChI=1S/C17H21N3O4/c1-4-15-18-17(24-19-15)12-8-16(21)20(10-12)9-11-7-13(22-2)5-6-14(11)23-3/h5-7,12H,4,8-10H2,1-3H3. The van der Waals surface area contributed by atoms with Gasteiger partial charge < -0.3 is 18.9 Å². The molecular formula is C17H21N3O4. The summed E-state index contributed by atoms with van der Waals surface area (Å²) in [6, 6.07) is 5.57. The summed E-state index contributed by atoms with van der Waals surface area (Å²) in [5, 5.41) is 3.91. The zero-order chi connectivity index (χ0) is 17.1. The molecule has 0 spiro atoms. The molecule has 0 aliphatic carbocycles. The molecule has 1 aromatic heterocycles. The van der Waals surface area contributed by atoms with Crippen molar-refractivity contribution in [3.63, 3.8) is 0 Å². The lowest BCUT2D eigenvalue weighted by molar-refractivity contribution is -0.128. The molecule has 1 aromatic carbocycles. The molecule has 2 aromatic rings. The van der Waals surface area contributed by atoms with Gasteiger partial charge in [-0.3, -0.25) is 4.79 Å². The van der Waals surface area contributed by atoms with Gasteiger partial charge in [-0.2, -0.15) is 4.98 Å². The van der Waals surface area contributed by atoms with Crippen LogP contribution in [0, 0.1) is 0 Å². The third-order valence-corrected chi connectivity index (χ3v) is 4.21. The lowest BCUT2D eigenvalue weighted by atomic mass is 10.1. The highest BCUT2D eigenvalue weighted by Crippen LogP contribution is 2.31. The quantitative estimate of drug-likeness (QED) is 0.807. The second kappa shape index (κ2) is 6.90. The van der Waals surface area contributed by atoms with Crippen molar-refractivity contribution in [2.75, 3.05) is 20.8 Å². The van der Waals surface area contributed by atoms with Crippen molar-refractivity contribution in [2.45, 2.75) is 32.2 Å². The number of nitrogens with zero attached hydrogens (tertiary/aromatic N) is 3. The molecule has 2 heterocycles. The molecule has 128 valence electrons. The number of likely N-dealkylation sites (tertiary alicyclic amines) is 1. The first-order valence-corrected chi connectivity index (χ1v) is 7.95. The molecule has 0 radical (unpaired) electrons. The minimum Gasteiger partial charge on any atom is -0.497 e. The second-order valence-electron chi connectivity index (χ2n) is 5.76. The average molecular weight is 331 g/mol. The number of hydrogen-bond acceptors (Lipinski definition) is 6. The number of carbonyl (C=O) groups excluding carboxylic acids is 1. The van der Waals surface area contributed by atoms with Gasteiger partial charge in [-0.15, -0.1) is 0 Å². The third kappa shape index (κ3) is 3.20. The predicted molar refractivity (Wildman–Crippen MR) is 86.0 cm³/mol. The van der Waals surface area contributed by atoms with Crippen LogP contribution in [-0.4, -0.2) is 41.7 Å². The van der Waals surface area contributed by atoms with Gasteiger partial charge in [0.2, 0.25) is 11.8 Å². The van der Waals surface area contributed by atoms with E-state index in [4.69, 9.17) is 14.0 Å². The average Bonchev–Trinajstić information content (AvgIpc) is 3.22. The maximum Gasteiger partial charge on any atom is 0.232 e. The Bertz CT molecular complexity index is 728. The minimum absolute atomic E-state index is 0.0538. The van der Waals surface area contributed by atoms with E-state index in [0.717, 1.165) is 23.5 Å². The van der Waals surface area contributed by atoms with Gasteiger partial charge in [0.15, 0.2) is 5.82 Å². The fourth-order valence-electron chi connectivity index (χ4n) is 2.88. The SMILES string of the molecule is CCc1noc(C2CC(=O)N(Cc3cc(OC)ccc3OC)C2)n1. The van der Waals surface area contributed by atoms with Crippen LogP contribution >= 0.6 is 0 Å². The van der Waals surface area contributed by atoms with Gasteiger partial charge in [0, 0.05) is 31.5 Å². The van der Waals surface area contributed by atoms with Gasteiger partial charge in [0.25, 0.3) is 0 Å². The molecule has 1 aliphatic rings. The molecule has 1 saturated heterocycles. The van der Waals surface area contributed by atoms with Crippen molar-refractivity contribution in [1.82, 2.24) is 15.0 Å². The molecule has 24 heavy (non-hydrogen) atoms. The van der Waals surface area contributed by atoms with E-state index >= 15 is 0 Å². The van der Waals surface area contributed by atoms with E-state index in [1.807, 2.05) is 25.1 Å². The van der Waals surface area contributed by atoms with E-state index in [9.17, 15) is 4.79 Å². The van der Waals surface area contributed by atoms with Crippen LogP contribution in [0.3, 0.4) is 0 Å². The van der Waals surface area contributed by atoms with E-state index in [2.05, 4.69) is 10.1 Å². The van der Waals surface area contributed by atoms with E-state index in [1.54, 1.807) is 19.1 Å². The molecule has 7 heteroatoms. The van der Waals surface area contributed by atoms with E-state index in [-0.39, 0.29) is 11.8 Å². The van der Waals surface area contributed by atoms with Crippen LogP contribution in [0.2, 0.25) is 0 Å². The summed E-state index contributed by atoms with van der Waals surface area (Å²) in [6.07, 6.45) is 1.10. The Morgan fingerprint density at radius 2 is 2.17 bits per heavy atom. The number of aryl methyl sites for hydroxylation is 1. The second-order valence-corrected chi connectivity index (χ2v) is 5.76. The molecule has 0 N–H and O–H groups in total. The van der Waals surface area contributed by atoms with E-state index in [0.29, 0.717) is 31.2 Å². The van der Waals surface area contributed by atoms with Crippen molar-refractivity contribution in [2.24, 2.45) is 0 Å². The smallest absolute Gasteiger partial charge is 0.232 e. The Labute approximate surface area is 140 Å². The fourth-order valence-corrected chi connectivity index (χ4v) is 2.88. The Kier molecular flexibility index (Phi) is 4.69. The highest BCUT2D eigenvalue weighted by Gasteiger charge is 2.34. The first kappa shape index (κ1) is 16.3. The first-order valence-electron chi connectivity index (χ1n) is 7.95. The summed E-state index contributed by atoms with van der Waals surface area (Å²) in [7, 11) is 3.23. The van der Waals surface area contributed by atoms with Gasteiger partial charge in [-0.05, 0) is 18.2 Å². The van der Waals surface area contributed by atoms with Gasteiger partial charge in [-0.1, -0.05) is 12.1 Å². The molecular weight excluding hydrogens is 310 g/mol. The molecule has 1 atom stereocenters. The monoisotopic (exact) mass is 331 g/mol. The van der Waals surface area contributed by atoms with Gasteiger partial charge in [0.05, 0.1) is 20.1 Å². The number of amides is 1. The molecule has 0 bridgehead atoms. The molecule has 1 amide bonds. The van der Waals surface area contributed by atoms with Crippen LogP contribution in [0.15, 0.2) is 22.7 Å². The Morgan fingerprint density at radius 3 is 2.83 bits per heavy atom. The number of benzene rings is 1. The highest BCUT2D eigenvalue weighted by atomic mass is 16.5. The van der Waals surface area contributed by atoms with E-state index < -0.39 is 0 Å². The van der Waals surface area contributed by atoms with Crippen molar-refractivity contribution in [3.8, 4) is 11.5 Å². The van der Waals surface area contributed by atoms with Crippen molar-refractivity contribution >= 4 is 5.91 Å². The van der Waals surface area contributed by atoms with Crippen LogP contribution in [-0.2, 0) is 17.8 Å². The Hall–Kier alpha value is -2.57. The minimum atomic E-state index is -0.0538. The topological polar surface area (TPSA) is 77.7 Å². The van der Waals surface area contributed by atoms with Gasteiger partial charge >= 0.3 is 0 Å². The fraction of sp³-hybridized carbons (Fsp3) is 0.471. The van der Waals surface area contributed by atoms with Crippen LogP contribution in [0.5, 0.6) is 11.5 Å². The number of rotatable bonds is 6. The number of carbonyl (C=O) groups is 1. The number of aromatic nitrogens is 2. The Morgan fingerprint density at radius 1 is 1.33 bits per heavy atom. The molecule has 7 nitrogen and oxygen atoms in total. The van der Waals surface area contributed by atoms with Gasteiger partial charge in [0.1, 0.15) is 11.5 Å². The van der Waals surface area contributed by atoms with Crippen LogP contribution in [0.1, 0.15) is 36.5 Å². The van der Waals surface area contributed by atoms with Crippen LogP contribution < -0.4 is 9.47 Å². The predicted octanol–water partition coefficient (Wildman–Crippen LogP) is 2.17. The van der Waals surface area contributed by atoms with Crippen molar-refractivity contribution in [3.05, 3.63) is 35.5 Å². The zero-order valence-corrected chi connectivity index (χ0v) is 14.1. The highest BCUT2D eigenvalue weighted by molar-refractivity contribution is 5.79. The van der Waals surface area contributed by atoms with Crippen LogP contribution in [0.25, 0.3) is 0 Å².